The van der Waals surface area contributed by atoms with Crippen LogP contribution in [0.25, 0.3) is 22.4 Å². The van der Waals surface area contributed by atoms with E-state index >= 15 is 0 Å². The van der Waals surface area contributed by atoms with Crippen molar-refractivity contribution >= 4 is 58.5 Å². The van der Waals surface area contributed by atoms with Gasteiger partial charge in [0.15, 0.2) is 0 Å². The number of carbonyl (C=O) groups is 2. The summed E-state index contributed by atoms with van der Waals surface area (Å²) in [6, 6.07) is 8.82. The van der Waals surface area contributed by atoms with Crippen molar-refractivity contribution in [1.29, 1.82) is 0 Å². The predicted octanol–water partition coefficient (Wildman–Crippen LogP) is 5.61. The van der Waals surface area contributed by atoms with Crippen molar-refractivity contribution in [3.8, 4) is 22.4 Å². The highest BCUT2D eigenvalue weighted by molar-refractivity contribution is 6.67. The second-order valence-electron chi connectivity index (χ2n) is 6.71. The first-order valence-corrected chi connectivity index (χ1v) is 10.5. The highest BCUT2D eigenvalue weighted by atomic mass is 35.6. The van der Waals surface area contributed by atoms with E-state index in [1.54, 1.807) is 30.6 Å². The molecule has 1 aromatic carbocycles. The lowest BCUT2D eigenvalue weighted by atomic mass is 9.99. The van der Waals surface area contributed by atoms with Gasteiger partial charge in [-0.1, -0.05) is 40.9 Å². The number of methoxy groups -OCH3 is 1. The summed E-state index contributed by atoms with van der Waals surface area (Å²) in [6.45, 7) is 1.54. The van der Waals surface area contributed by atoms with Gasteiger partial charge < -0.3 is 9.47 Å². The number of aryl methyl sites for hydroxylation is 1. The monoisotopic (exact) mass is 509 g/mol. The number of pyridine rings is 1. The number of amides is 2. The third-order valence-electron chi connectivity index (χ3n) is 4.28. The molecule has 0 radical (unpaired) electrons. The topological polar surface area (TPSA) is 115 Å². The van der Waals surface area contributed by atoms with Crippen molar-refractivity contribution in [3.63, 3.8) is 0 Å². The molecule has 9 nitrogen and oxygen atoms in total. The third-order valence-corrected chi connectivity index (χ3v) is 4.61. The summed E-state index contributed by atoms with van der Waals surface area (Å²) in [5.41, 5.74) is 4.29. The number of ether oxygens (including phenoxy) is 2. The van der Waals surface area contributed by atoms with Crippen molar-refractivity contribution in [1.82, 2.24) is 15.0 Å². The lowest BCUT2D eigenvalue weighted by Gasteiger charge is -2.13. The molecule has 3 rings (SSSR count). The summed E-state index contributed by atoms with van der Waals surface area (Å²) in [5, 5.41) is 5.09. The van der Waals surface area contributed by atoms with E-state index in [9.17, 15) is 9.59 Å². The van der Waals surface area contributed by atoms with E-state index in [1.165, 1.54) is 13.4 Å². The van der Waals surface area contributed by atoms with Crippen LogP contribution in [0.15, 0.2) is 49.1 Å². The van der Waals surface area contributed by atoms with E-state index in [1.807, 2.05) is 19.1 Å². The summed E-state index contributed by atoms with van der Waals surface area (Å²) in [4.78, 5) is 36.0. The number of nitrogens with zero attached hydrogens (tertiary/aromatic N) is 3. The molecule has 0 saturated heterocycles. The summed E-state index contributed by atoms with van der Waals surface area (Å²) >= 11 is 16.8. The number of carbonyl (C=O) groups excluding carboxylic acids is 2. The second kappa shape index (κ2) is 10.7. The highest BCUT2D eigenvalue weighted by Crippen LogP contribution is 2.30. The fourth-order valence-corrected chi connectivity index (χ4v) is 2.94. The summed E-state index contributed by atoms with van der Waals surface area (Å²) < 4.78 is 7.78. The van der Waals surface area contributed by atoms with E-state index < -0.39 is 16.0 Å². The largest absolute Gasteiger partial charge is 0.453 e. The van der Waals surface area contributed by atoms with Crippen LogP contribution >= 0.6 is 34.8 Å². The van der Waals surface area contributed by atoms with Crippen LogP contribution in [-0.4, -0.2) is 44.6 Å². The molecule has 0 aliphatic carbocycles. The smallest absolute Gasteiger partial charge is 0.412 e. The van der Waals surface area contributed by atoms with Gasteiger partial charge in [-0.25, -0.2) is 19.6 Å². The van der Waals surface area contributed by atoms with Crippen LogP contribution in [-0.2, 0) is 9.47 Å². The number of aromatic nitrogens is 3. The van der Waals surface area contributed by atoms with Gasteiger partial charge in [0.1, 0.15) is 18.8 Å². The van der Waals surface area contributed by atoms with Crippen LogP contribution in [0.3, 0.4) is 0 Å². The molecule has 0 unspecified atom stereocenters. The van der Waals surface area contributed by atoms with E-state index in [4.69, 9.17) is 39.5 Å². The average Bonchev–Trinajstić information content (AvgIpc) is 2.79. The van der Waals surface area contributed by atoms with Gasteiger partial charge in [0.25, 0.3) is 0 Å². The second-order valence-corrected chi connectivity index (χ2v) is 9.23. The van der Waals surface area contributed by atoms with Crippen molar-refractivity contribution in [2.45, 2.75) is 10.7 Å². The van der Waals surface area contributed by atoms with Crippen LogP contribution in [0, 0.1) is 6.92 Å². The molecule has 2 heterocycles. The van der Waals surface area contributed by atoms with E-state index in [2.05, 4.69) is 30.3 Å². The minimum atomic E-state index is -1.70. The Bertz CT molecular complexity index is 1170. The zero-order valence-corrected chi connectivity index (χ0v) is 19.7. The first-order chi connectivity index (χ1) is 15.6. The number of alkyl halides is 3. The Labute approximate surface area is 204 Å². The molecule has 0 aliphatic rings. The SMILES string of the molecule is COC(=O)Nc1cc(-c2cncc(-c3cc(NC(=O)OCC(Cl)(Cl)Cl)ccc3C)c2)ncn1. The normalized spacial score (nSPS) is 10.9. The maximum absolute atomic E-state index is 12.0. The fraction of sp³-hybridized carbons (Fsp3) is 0.190. The zero-order chi connectivity index (χ0) is 24.0. The van der Waals surface area contributed by atoms with Crippen LogP contribution in [0.1, 0.15) is 5.56 Å². The third kappa shape index (κ3) is 7.18. The number of hydrogen-bond donors (Lipinski definition) is 2. The molecule has 0 bridgehead atoms. The first kappa shape index (κ1) is 24.5. The van der Waals surface area contributed by atoms with Gasteiger partial charge in [-0.15, -0.1) is 0 Å². The molecule has 2 amide bonds. The Kier molecular flexibility index (Phi) is 7.91. The van der Waals surface area contributed by atoms with E-state index in [0.29, 0.717) is 16.9 Å². The van der Waals surface area contributed by atoms with Gasteiger partial charge in [0.05, 0.1) is 12.8 Å². The van der Waals surface area contributed by atoms with E-state index in [0.717, 1.165) is 16.7 Å². The van der Waals surface area contributed by atoms with Gasteiger partial charge in [0, 0.05) is 35.3 Å². The molecular weight excluding hydrogens is 493 g/mol. The first-order valence-electron chi connectivity index (χ1n) is 9.38. The minimum Gasteiger partial charge on any atom is -0.453 e. The number of hydrogen-bond acceptors (Lipinski definition) is 7. The Morgan fingerprint density at radius 1 is 1.00 bits per heavy atom. The number of benzene rings is 1. The van der Waals surface area contributed by atoms with Crippen LogP contribution in [0.4, 0.5) is 21.1 Å². The maximum atomic E-state index is 12.0. The van der Waals surface area contributed by atoms with E-state index in [-0.39, 0.29) is 12.4 Å². The van der Waals surface area contributed by atoms with Gasteiger partial charge in [-0.3, -0.25) is 15.6 Å². The molecule has 0 aliphatic heterocycles. The molecule has 33 heavy (non-hydrogen) atoms. The summed E-state index contributed by atoms with van der Waals surface area (Å²) in [6.07, 6.45) is 3.25. The molecule has 12 heteroatoms. The van der Waals surface area contributed by atoms with Gasteiger partial charge in [-0.05, 0) is 36.2 Å². The Balaban J connectivity index is 1.84. The molecule has 2 N–H and O–H groups in total. The molecular formula is C21H18Cl3N5O4. The van der Waals surface area contributed by atoms with Gasteiger partial charge in [-0.2, -0.15) is 0 Å². The molecule has 2 aromatic heterocycles. The Hall–Kier alpha value is -3.14. The average molecular weight is 511 g/mol. The lowest BCUT2D eigenvalue weighted by molar-refractivity contribution is 0.164. The van der Waals surface area contributed by atoms with Crippen molar-refractivity contribution in [3.05, 3.63) is 54.6 Å². The minimum absolute atomic E-state index is 0.285. The van der Waals surface area contributed by atoms with Gasteiger partial charge in [0.2, 0.25) is 3.79 Å². The van der Waals surface area contributed by atoms with Gasteiger partial charge >= 0.3 is 12.2 Å². The highest BCUT2D eigenvalue weighted by Gasteiger charge is 2.22. The summed E-state index contributed by atoms with van der Waals surface area (Å²) in [5.74, 6) is 0.285. The number of anilines is 2. The summed E-state index contributed by atoms with van der Waals surface area (Å²) in [7, 11) is 1.26. The van der Waals surface area contributed by atoms with Crippen molar-refractivity contribution in [2.24, 2.45) is 0 Å². The Morgan fingerprint density at radius 2 is 1.76 bits per heavy atom. The zero-order valence-electron chi connectivity index (χ0n) is 17.4. The number of rotatable bonds is 5. The molecule has 3 aromatic rings. The van der Waals surface area contributed by atoms with Crippen molar-refractivity contribution < 1.29 is 19.1 Å². The molecule has 172 valence electrons. The van der Waals surface area contributed by atoms with Crippen LogP contribution in [0.2, 0.25) is 0 Å². The number of halogens is 3. The maximum Gasteiger partial charge on any atom is 0.412 e. The van der Waals surface area contributed by atoms with Crippen LogP contribution < -0.4 is 10.6 Å². The predicted molar refractivity (Wildman–Crippen MR) is 127 cm³/mol. The lowest BCUT2D eigenvalue weighted by Crippen LogP contribution is -2.21. The molecule has 0 spiro atoms. The van der Waals surface area contributed by atoms with Crippen LogP contribution in [0.5, 0.6) is 0 Å². The number of nitrogens with one attached hydrogen (secondary N) is 2. The van der Waals surface area contributed by atoms with Crippen molar-refractivity contribution in [2.75, 3.05) is 24.4 Å². The quantitative estimate of drug-likeness (QED) is 0.429. The standard InChI is InChI=1S/C21H18Cl3N5O4/c1-12-3-4-15(28-20(31)33-10-21(22,23)24)6-16(12)13-5-14(9-25-8-13)17-7-18(27-11-26-17)29-19(30)32-2/h3-9,11H,10H2,1-2H3,(H,28,31)(H,26,27,29,30). The fourth-order valence-electron chi connectivity index (χ4n) is 2.78. The molecule has 0 fully saturated rings. The Morgan fingerprint density at radius 3 is 2.48 bits per heavy atom. The molecule has 0 saturated carbocycles. The molecule has 0 atom stereocenters.